The van der Waals surface area contributed by atoms with Crippen LogP contribution >= 0.6 is 36.4 Å². The van der Waals surface area contributed by atoms with E-state index < -0.39 is 6.04 Å². The minimum atomic E-state index is -0.582. The first-order valence-corrected chi connectivity index (χ1v) is 20.1. The zero-order valence-electron chi connectivity index (χ0n) is 32.6. The lowest BCUT2D eigenvalue weighted by Gasteiger charge is -2.13. The van der Waals surface area contributed by atoms with E-state index in [-0.39, 0.29) is 37.6 Å². The van der Waals surface area contributed by atoms with Crippen molar-refractivity contribution in [1.82, 2.24) is 20.1 Å². The lowest BCUT2D eigenvalue weighted by atomic mass is 9.99. The van der Waals surface area contributed by atoms with Crippen LogP contribution in [0.4, 0.5) is 11.4 Å². The van der Waals surface area contributed by atoms with Gasteiger partial charge in [-0.3, -0.25) is 23.9 Å². The molecule has 8 rings (SSSR count). The largest absolute Gasteiger partial charge is 0.491 e. The van der Waals surface area contributed by atoms with Crippen molar-refractivity contribution in [3.8, 4) is 21.9 Å². The number of carbonyl (C=O) groups is 3. The summed E-state index contributed by atoms with van der Waals surface area (Å²) in [5, 5.41) is 19.2. The van der Waals surface area contributed by atoms with Gasteiger partial charge < -0.3 is 25.4 Å². The van der Waals surface area contributed by atoms with Crippen molar-refractivity contribution in [3.05, 3.63) is 140 Å². The van der Waals surface area contributed by atoms with Gasteiger partial charge in [0.2, 0.25) is 11.8 Å². The first kappa shape index (κ1) is 41.4. The van der Waals surface area contributed by atoms with Gasteiger partial charge in [0, 0.05) is 44.5 Å². The summed E-state index contributed by atoms with van der Waals surface area (Å²) in [6.07, 6.45) is 0.415. The van der Waals surface area contributed by atoms with E-state index in [1.54, 1.807) is 41.7 Å². The van der Waals surface area contributed by atoms with Crippen molar-refractivity contribution >= 4 is 71.2 Å². The van der Waals surface area contributed by atoms with Crippen molar-refractivity contribution < 1.29 is 23.9 Å². The van der Waals surface area contributed by atoms with Crippen LogP contribution in [0.3, 0.4) is 0 Å². The Labute approximate surface area is 357 Å². The summed E-state index contributed by atoms with van der Waals surface area (Å²) >= 11 is 7.90. The minimum absolute atomic E-state index is 0. The normalized spacial score (nSPS) is 13.9. The zero-order chi connectivity index (χ0) is 40.3. The summed E-state index contributed by atoms with van der Waals surface area (Å²) in [6.45, 7) is 7.39. The Morgan fingerprint density at radius 3 is 2.47 bits per heavy atom. The molecule has 15 heteroatoms. The van der Waals surface area contributed by atoms with E-state index in [0.717, 1.165) is 55.6 Å². The van der Waals surface area contributed by atoms with Crippen LogP contribution in [0.2, 0.25) is 5.02 Å². The number of aromatic nitrogens is 3. The molecule has 1 atom stereocenters. The quantitative estimate of drug-likeness (QED) is 0.100. The number of benzene rings is 4. The van der Waals surface area contributed by atoms with Crippen molar-refractivity contribution in [2.24, 2.45) is 4.99 Å². The number of hydrogen-bond acceptors (Lipinski definition) is 9. The highest BCUT2D eigenvalue weighted by atomic mass is 35.5. The summed E-state index contributed by atoms with van der Waals surface area (Å²) in [5.41, 5.74) is 8.62. The Hall–Kier alpha value is -5.80. The number of aliphatic imine (C=N–C) groups is 1. The second kappa shape index (κ2) is 18.0. The third kappa shape index (κ3) is 9.10. The predicted molar refractivity (Wildman–Crippen MR) is 236 cm³/mol. The van der Waals surface area contributed by atoms with Crippen LogP contribution < -0.4 is 20.7 Å². The third-order valence-electron chi connectivity index (χ3n) is 10.1. The Morgan fingerprint density at radius 1 is 0.915 bits per heavy atom. The number of carbonyl (C=O) groups excluding carboxylic acids is 3. The monoisotopic (exact) mass is 847 g/mol. The standard InChI is InChI=1S/C44H40ClN7O5S.H2S/c1-25-26(2)58-44-40(25)41(28-7-10-33(45)11-8-28)49-37(42-51-50-27(3)52(42)44)24-39(54)47-34-12-14-35(15-13-34)57-20-19-56-18-17-46-43(55)31-6-4-5-29(21-31)30-9-16-36-32(22-30)23-38(53)48-36;/h4-16,21-22,37H,17-20,23-24H2,1-3H3,(H,46,55)(H,47,54)(H,48,53);1H2/t37-;/m0./s1. The number of anilines is 2. The second-order valence-corrected chi connectivity index (χ2v) is 15.7. The van der Waals surface area contributed by atoms with Gasteiger partial charge in [-0.05, 0) is 104 Å². The first-order chi connectivity index (χ1) is 28.1. The molecular weight excluding hydrogens is 806 g/mol. The van der Waals surface area contributed by atoms with E-state index in [2.05, 4.69) is 40.0 Å². The first-order valence-electron chi connectivity index (χ1n) is 18.9. The molecule has 2 aromatic heterocycles. The van der Waals surface area contributed by atoms with E-state index in [9.17, 15) is 14.4 Å². The van der Waals surface area contributed by atoms with E-state index in [0.29, 0.717) is 60.6 Å². The van der Waals surface area contributed by atoms with E-state index in [4.69, 9.17) is 26.1 Å². The maximum atomic E-state index is 13.5. The molecule has 3 amide bonds. The molecule has 4 heterocycles. The highest BCUT2D eigenvalue weighted by Gasteiger charge is 2.32. The number of rotatable bonds is 13. The van der Waals surface area contributed by atoms with Gasteiger partial charge in [-0.1, -0.05) is 41.9 Å². The Balaban J connectivity index is 0.00000528. The van der Waals surface area contributed by atoms with Crippen LogP contribution in [0.1, 0.15) is 61.6 Å². The molecule has 59 heavy (non-hydrogen) atoms. The highest BCUT2D eigenvalue weighted by Crippen LogP contribution is 2.40. The summed E-state index contributed by atoms with van der Waals surface area (Å²) in [5.74, 6) is 1.54. The number of nitrogens with zero attached hydrogens (tertiary/aromatic N) is 4. The minimum Gasteiger partial charge on any atom is -0.491 e. The topological polar surface area (TPSA) is 149 Å². The third-order valence-corrected chi connectivity index (χ3v) is 11.5. The van der Waals surface area contributed by atoms with Crippen LogP contribution in [-0.4, -0.2) is 64.6 Å². The number of hydrogen-bond donors (Lipinski definition) is 3. The molecule has 302 valence electrons. The molecule has 2 aliphatic rings. The number of thiophene rings is 1. The summed E-state index contributed by atoms with van der Waals surface area (Å²) in [4.78, 5) is 44.4. The number of halogens is 1. The van der Waals surface area contributed by atoms with E-state index >= 15 is 0 Å². The van der Waals surface area contributed by atoms with Gasteiger partial charge in [-0.15, -0.1) is 21.5 Å². The molecule has 0 bridgehead atoms. The molecule has 0 radical (unpaired) electrons. The SMILES string of the molecule is Cc1sc2c(c1C)C(c1ccc(Cl)cc1)=N[C@@H](CC(=O)Nc1ccc(OCCOCCNC(=O)c3cccc(-c4ccc5c(c4)CC(=O)N5)c3)cc1)c1nnc(C)n1-2.S. The highest BCUT2D eigenvalue weighted by molar-refractivity contribution is 7.59. The molecule has 3 N–H and O–H groups in total. The van der Waals surface area contributed by atoms with E-state index in [1.807, 2.05) is 72.2 Å². The number of nitrogens with one attached hydrogen (secondary N) is 3. The van der Waals surface area contributed by atoms with E-state index in [1.165, 1.54) is 4.88 Å². The average Bonchev–Trinajstić information content (AvgIpc) is 3.86. The van der Waals surface area contributed by atoms with Crippen molar-refractivity contribution in [2.75, 3.05) is 37.0 Å². The van der Waals surface area contributed by atoms with Gasteiger partial charge in [-0.25, -0.2) is 0 Å². The van der Waals surface area contributed by atoms with Gasteiger partial charge in [0.25, 0.3) is 5.91 Å². The van der Waals surface area contributed by atoms with Crippen LogP contribution in [0, 0.1) is 20.8 Å². The van der Waals surface area contributed by atoms with Gasteiger partial charge in [0.05, 0.1) is 31.8 Å². The van der Waals surface area contributed by atoms with Crippen LogP contribution in [0.15, 0.2) is 96.0 Å². The summed E-state index contributed by atoms with van der Waals surface area (Å²) < 4.78 is 13.5. The summed E-state index contributed by atoms with van der Waals surface area (Å²) in [7, 11) is 0. The fourth-order valence-corrected chi connectivity index (χ4v) is 8.40. The molecule has 12 nitrogen and oxygen atoms in total. The zero-order valence-corrected chi connectivity index (χ0v) is 35.2. The molecule has 0 saturated carbocycles. The summed E-state index contributed by atoms with van der Waals surface area (Å²) in [6, 6.07) is 27.4. The van der Waals surface area contributed by atoms with Crippen molar-refractivity contribution in [2.45, 2.75) is 39.7 Å². The molecule has 6 aromatic rings. The lowest BCUT2D eigenvalue weighted by Crippen LogP contribution is -2.27. The van der Waals surface area contributed by atoms with Gasteiger partial charge in [0.15, 0.2) is 5.82 Å². The lowest BCUT2D eigenvalue weighted by molar-refractivity contribution is -0.117. The molecule has 4 aromatic carbocycles. The molecular formula is C44H42ClN7O5S2. The Bertz CT molecular complexity index is 2570. The fourth-order valence-electron chi connectivity index (χ4n) is 7.06. The average molecular weight is 848 g/mol. The van der Waals surface area contributed by atoms with Gasteiger partial charge in [-0.2, -0.15) is 13.5 Å². The number of fused-ring (bicyclic) bond motifs is 4. The maximum Gasteiger partial charge on any atom is 0.251 e. The van der Waals surface area contributed by atoms with Crippen molar-refractivity contribution in [3.63, 3.8) is 0 Å². The second-order valence-electron chi connectivity index (χ2n) is 14.1. The van der Waals surface area contributed by atoms with Crippen molar-refractivity contribution in [1.29, 1.82) is 0 Å². The molecule has 0 aliphatic carbocycles. The Morgan fingerprint density at radius 2 is 1.68 bits per heavy atom. The molecule has 2 aliphatic heterocycles. The maximum absolute atomic E-state index is 13.5. The molecule has 0 spiro atoms. The predicted octanol–water partition coefficient (Wildman–Crippen LogP) is 7.93. The number of aryl methyl sites for hydroxylation is 2. The smallest absolute Gasteiger partial charge is 0.251 e. The molecule has 0 saturated heterocycles. The van der Waals surface area contributed by atoms with Gasteiger partial charge in [0.1, 0.15) is 29.2 Å². The van der Waals surface area contributed by atoms with Crippen LogP contribution in [0.5, 0.6) is 5.75 Å². The molecule has 0 unspecified atom stereocenters. The van der Waals surface area contributed by atoms with Gasteiger partial charge >= 0.3 is 0 Å². The molecule has 0 fully saturated rings. The van der Waals surface area contributed by atoms with Crippen LogP contribution in [-0.2, 0) is 20.7 Å². The number of amides is 3. The Kier molecular flexibility index (Phi) is 12.6. The fraction of sp³-hybridized carbons (Fsp3) is 0.227. The van der Waals surface area contributed by atoms with Crippen LogP contribution in [0.25, 0.3) is 16.1 Å². The number of ether oxygens (including phenoxy) is 2.